The first kappa shape index (κ1) is 23.8. The zero-order valence-electron chi connectivity index (χ0n) is 17.5. The average Bonchev–Trinajstić information content (AvgIpc) is 2.79. The molecule has 1 saturated heterocycles. The molecule has 0 spiro atoms. The highest BCUT2D eigenvalue weighted by Gasteiger charge is 2.33. The lowest BCUT2D eigenvalue weighted by atomic mass is 10.1. The van der Waals surface area contributed by atoms with E-state index in [1.807, 2.05) is 6.07 Å². The second kappa shape index (κ2) is 10.2. The number of nitro groups is 1. The van der Waals surface area contributed by atoms with Crippen LogP contribution in [0.3, 0.4) is 0 Å². The Hall–Kier alpha value is -3.83. The molecule has 0 radical (unpaired) electrons. The highest BCUT2D eigenvalue weighted by molar-refractivity contribution is 5.89. The summed E-state index contributed by atoms with van der Waals surface area (Å²) in [6.07, 6.45) is -4.70. The van der Waals surface area contributed by atoms with Gasteiger partial charge in [0.05, 0.1) is 10.5 Å². The number of hydrogen-bond acceptors (Lipinski definition) is 5. The fourth-order valence-electron chi connectivity index (χ4n) is 3.35. The molecule has 0 saturated carbocycles. The third-order valence-corrected chi connectivity index (χ3v) is 5.12. The number of benzene rings is 2. The molecule has 0 aliphatic carbocycles. The molecule has 3 amide bonds. The fraction of sp³-hybridized carbons (Fsp3) is 0.333. The lowest BCUT2D eigenvalue weighted by Gasteiger charge is -2.34. The Labute approximate surface area is 187 Å². The van der Waals surface area contributed by atoms with Crippen molar-refractivity contribution in [2.75, 3.05) is 43.4 Å². The van der Waals surface area contributed by atoms with E-state index in [9.17, 15) is 32.9 Å². The number of anilines is 2. The molecule has 1 heterocycles. The van der Waals surface area contributed by atoms with Crippen LogP contribution in [-0.2, 0) is 11.0 Å². The van der Waals surface area contributed by atoms with Crippen molar-refractivity contribution in [3.63, 3.8) is 0 Å². The van der Waals surface area contributed by atoms with E-state index in [0.717, 1.165) is 12.1 Å². The Morgan fingerprint density at radius 2 is 1.64 bits per heavy atom. The van der Waals surface area contributed by atoms with Crippen LogP contribution in [0.25, 0.3) is 0 Å². The molecule has 176 valence electrons. The Morgan fingerprint density at radius 3 is 2.24 bits per heavy atom. The van der Waals surface area contributed by atoms with Gasteiger partial charge in [0.25, 0.3) is 5.69 Å². The maximum atomic E-state index is 12.8. The monoisotopic (exact) mass is 465 g/mol. The summed E-state index contributed by atoms with van der Waals surface area (Å²) in [7, 11) is 0. The molecule has 1 fully saturated rings. The number of nitro benzene ring substituents is 1. The summed E-state index contributed by atoms with van der Waals surface area (Å²) in [4.78, 5) is 38.2. The molecule has 1 aliphatic rings. The fourth-order valence-corrected chi connectivity index (χ4v) is 3.35. The van der Waals surface area contributed by atoms with Crippen LogP contribution in [0.2, 0.25) is 0 Å². The molecule has 12 heteroatoms. The van der Waals surface area contributed by atoms with Gasteiger partial charge in [-0.15, -0.1) is 0 Å². The molecule has 0 unspecified atom stereocenters. The quantitative estimate of drug-likeness (QED) is 0.499. The van der Waals surface area contributed by atoms with Crippen LogP contribution < -0.4 is 10.6 Å². The summed E-state index contributed by atoms with van der Waals surface area (Å²) in [5, 5.41) is 16.6. The molecule has 0 atom stereocenters. The van der Waals surface area contributed by atoms with Crippen molar-refractivity contribution in [1.82, 2.24) is 9.80 Å². The molecule has 2 N–H and O–H groups in total. The third kappa shape index (κ3) is 6.34. The number of piperazine rings is 1. The first-order valence-electron chi connectivity index (χ1n) is 10.1. The molecular formula is C21H22F3N5O4. The van der Waals surface area contributed by atoms with Crippen LogP contribution in [-0.4, -0.2) is 59.4 Å². The number of nitrogens with zero attached hydrogens (tertiary/aromatic N) is 3. The first-order valence-corrected chi connectivity index (χ1v) is 10.1. The summed E-state index contributed by atoms with van der Waals surface area (Å²) in [5.41, 5.74) is -1.26. The van der Waals surface area contributed by atoms with Crippen molar-refractivity contribution < 1.29 is 27.7 Å². The van der Waals surface area contributed by atoms with Gasteiger partial charge in [-0.2, -0.15) is 13.2 Å². The van der Waals surface area contributed by atoms with Crippen LogP contribution in [0.4, 0.5) is 35.0 Å². The van der Waals surface area contributed by atoms with E-state index in [1.54, 1.807) is 34.1 Å². The van der Waals surface area contributed by atoms with Gasteiger partial charge >= 0.3 is 12.2 Å². The number of urea groups is 1. The molecule has 1 aliphatic heterocycles. The minimum absolute atomic E-state index is 0.00557. The SMILES string of the molecule is O=C(CCNc1ccc(C(F)(F)F)cc1[N+](=O)[O-])N1CCN(C(=O)Nc2ccccc2)CC1. The van der Waals surface area contributed by atoms with E-state index in [1.165, 1.54) is 0 Å². The average molecular weight is 465 g/mol. The zero-order chi connectivity index (χ0) is 24.0. The largest absolute Gasteiger partial charge is 0.416 e. The minimum atomic E-state index is -4.70. The standard InChI is InChI=1S/C21H22F3N5O4/c22-21(23,24)15-6-7-17(18(14-15)29(32)33)25-9-8-19(30)27-10-12-28(13-11-27)20(31)26-16-4-2-1-3-5-16/h1-7,14,25H,8-13H2,(H,26,31). The highest BCUT2D eigenvalue weighted by Crippen LogP contribution is 2.34. The third-order valence-electron chi connectivity index (χ3n) is 5.12. The number of alkyl halides is 3. The minimum Gasteiger partial charge on any atom is -0.379 e. The van der Waals surface area contributed by atoms with Crippen LogP contribution in [0.1, 0.15) is 12.0 Å². The topological polar surface area (TPSA) is 108 Å². The van der Waals surface area contributed by atoms with Gasteiger partial charge in [-0.05, 0) is 24.3 Å². The van der Waals surface area contributed by atoms with Gasteiger partial charge in [-0.3, -0.25) is 14.9 Å². The van der Waals surface area contributed by atoms with Gasteiger partial charge in [-0.1, -0.05) is 18.2 Å². The van der Waals surface area contributed by atoms with E-state index in [2.05, 4.69) is 10.6 Å². The molecule has 33 heavy (non-hydrogen) atoms. The first-order chi connectivity index (χ1) is 15.6. The summed E-state index contributed by atoms with van der Waals surface area (Å²) in [6, 6.07) is 10.9. The van der Waals surface area contributed by atoms with Gasteiger partial charge in [0.1, 0.15) is 5.69 Å². The Kier molecular flexibility index (Phi) is 7.36. The zero-order valence-corrected chi connectivity index (χ0v) is 17.5. The normalized spacial score (nSPS) is 14.0. The van der Waals surface area contributed by atoms with Crippen LogP contribution >= 0.6 is 0 Å². The number of amides is 3. The molecule has 2 aromatic carbocycles. The number of carbonyl (C=O) groups excluding carboxylic acids is 2. The highest BCUT2D eigenvalue weighted by atomic mass is 19.4. The molecular weight excluding hydrogens is 443 g/mol. The lowest BCUT2D eigenvalue weighted by molar-refractivity contribution is -0.384. The van der Waals surface area contributed by atoms with Crippen LogP contribution in [0.5, 0.6) is 0 Å². The van der Waals surface area contributed by atoms with E-state index in [4.69, 9.17) is 0 Å². The number of halogens is 3. The summed E-state index contributed by atoms with van der Waals surface area (Å²) in [5.74, 6) is -0.222. The Balaban J connectivity index is 1.47. The van der Waals surface area contributed by atoms with E-state index in [-0.39, 0.29) is 30.6 Å². The second-order valence-corrected chi connectivity index (χ2v) is 7.33. The van der Waals surface area contributed by atoms with Crippen molar-refractivity contribution in [2.45, 2.75) is 12.6 Å². The number of nitrogens with one attached hydrogen (secondary N) is 2. The predicted molar refractivity (Wildman–Crippen MR) is 115 cm³/mol. The number of rotatable bonds is 6. The van der Waals surface area contributed by atoms with Gasteiger partial charge < -0.3 is 20.4 Å². The lowest BCUT2D eigenvalue weighted by Crippen LogP contribution is -2.51. The molecule has 0 aromatic heterocycles. The number of hydrogen-bond donors (Lipinski definition) is 2. The van der Waals surface area contributed by atoms with Gasteiger partial charge in [0, 0.05) is 50.9 Å². The summed E-state index contributed by atoms with van der Waals surface area (Å²) >= 11 is 0. The molecule has 0 bridgehead atoms. The van der Waals surface area contributed by atoms with Gasteiger partial charge in [0.15, 0.2) is 0 Å². The van der Waals surface area contributed by atoms with Crippen molar-refractivity contribution in [3.8, 4) is 0 Å². The summed E-state index contributed by atoms with van der Waals surface area (Å²) in [6.45, 7) is 1.38. The van der Waals surface area contributed by atoms with Gasteiger partial charge in [0.2, 0.25) is 5.91 Å². The van der Waals surface area contributed by atoms with E-state index >= 15 is 0 Å². The van der Waals surface area contributed by atoms with Crippen molar-refractivity contribution in [3.05, 3.63) is 64.2 Å². The molecule has 2 aromatic rings. The summed E-state index contributed by atoms with van der Waals surface area (Å²) < 4.78 is 38.4. The van der Waals surface area contributed by atoms with Crippen LogP contribution in [0.15, 0.2) is 48.5 Å². The van der Waals surface area contributed by atoms with Crippen molar-refractivity contribution >= 4 is 29.0 Å². The maximum Gasteiger partial charge on any atom is 0.416 e. The Bertz CT molecular complexity index is 1010. The number of para-hydroxylation sites is 1. The van der Waals surface area contributed by atoms with Crippen molar-refractivity contribution in [1.29, 1.82) is 0 Å². The van der Waals surface area contributed by atoms with E-state index < -0.39 is 22.4 Å². The second-order valence-electron chi connectivity index (χ2n) is 7.33. The van der Waals surface area contributed by atoms with E-state index in [0.29, 0.717) is 37.9 Å². The Morgan fingerprint density at radius 1 is 1.00 bits per heavy atom. The molecule has 9 nitrogen and oxygen atoms in total. The van der Waals surface area contributed by atoms with Crippen LogP contribution in [0, 0.1) is 10.1 Å². The number of carbonyl (C=O) groups is 2. The molecule has 3 rings (SSSR count). The van der Waals surface area contributed by atoms with Crippen molar-refractivity contribution in [2.24, 2.45) is 0 Å². The predicted octanol–water partition coefficient (Wildman–Crippen LogP) is 3.79. The smallest absolute Gasteiger partial charge is 0.379 e. The maximum absolute atomic E-state index is 12.8. The van der Waals surface area contributed by atoms with Gasteiger partial charge in [-0.25, -0.2) is 4.79 Å².